The first kappa shape index (κ1) is 21.3. The fourth-order valence-corrected chi connectivity index (χ4v) is 4.54. The van der Waals surface area contributed by atoms with Crippen LogP contribution in [0.3, 0.4) is 0 Å². The van der Waals surface area contributed by atoms with Gasteiger partial charge in [-0.25, -0.2) is 4.99 Å². The molecular weight excluding hydrogens is 412 g/mol. The van der Waals surface area contributed by atoms with Gasteiger partial charge in [0.15, 0.2) is 5.17 Å². The molecule has 0 bridgehead atoms. The Balaban J connectivity index is 1.64. The lowest BCUT2D eigenvalue weighted by Gasteiger charge is -2.30. The average molecular weight is 437 g/mol. The van der Waals surface area contributed by atoms with Crippen molar-refractivity contribution < 1.29 is 14.3 Å². The number of para-hydroxylation sites is 1. The van der Waals surface area contributed by atoms with E-state index in [2.05, 4.69) is 9.98 Å². The minimum absolute atomic E-state index is 0.0589. The standard InChI is InChI=1S/C23H24N4O3S/c1-2-20(22(29)26-11-13-30-14-12-26)31-23-25-19(15-17-7-6-10-24-16-17)21(28)27(23)18-8-4-3-5-9-18/h3-10,15-16,20H,2,11-14H2,1H3/b19-15-/t20-/m0/s1. The largest absolute Gasteiger partial charge is 0.378 e. The van der Waals surface area contributed by atoms with Crippen molar-refractivity contribution in [2.75, 3.05) is 31.2 Å². The number of nitrogens with zero attached hydrogens (tertiary/aromatic N) is 4. The van der Waals surface area contributed by atoms with Crippen LogP contribution in [0.4, 0.5) is 5.69 Å². The molecule has 0 aliphatic carbocycles. The fraction of sp³-hybridized carbons (Fsp3) is 0.304. The summed E-state index contributed by atoms with van der Waals surface area (Å²) < 4.78 is 5.37. The predicted molar refractivity (Wildman–Crippen MR) is 123 cm³/mol. The van der Waals surface area contributed by atoms with Crippen molar-refractivity contribution in [3.8, 4) is 0 Å². The maximum absolute atomic E-state index is 13.3. The molecule has 2 aromatic rings. The molecule has 1 saturated heterocycles. The molecule has 1 aromatic heterocycles. The Morgan fingerprint density at radius 2 is 1.97 bits per heavy atom. The van der Waals surface area contributed by atoms with E-state index in [1.807, 2.05) is 54.3 Å². The monoisotopic (exact) mass is 436 g/mol. The highest BCUT2D eigenvalue weighted by molar-refractivity contribution is 8.15. The number of hydrogen-bond donors (Lipinski definition) is 0. The molecule has 0 unspecified atom stereocenters. The van der Waals surface area contributed by atoms with Gasteiger partial charge in [0, 0.05) is 25.5 Å². The average Bonchev–Trinajstić information content (AvgIpc) is 3.13. The molecule has 8 heteroatoms. The second kappa shape index (κ2) is 9.89. The summed E-state index contributed by atoms with van der Waals surface area (Å²) in [5.74, 6) is -0.158. The summed E-state index contributed by atoms with van der Waals surface area (Å²) in [5, 5.41) is 0.188. The van der Waals surface area contributed by atoms with Gasteiger partial charge in [0.1, 0.15) is 5.70 Å². The highest BCUT2D eigenvalue weighted by Crippen LogP contribution is 2.32. The smallest absolute Gasteiger partial charge is 0.283 e. The van der Waals surface area contributed by atoms with Crippen molar-refractivity contribution in [2.45, 2.75) is 18.6 Å². The first-order valence-electron chi connectivity index (χ1n) is 10.3. The molecule has 1 aromatic carbocycles. The lowest BCUT2D eigenvalue weighted by atomic mass is 10.2. The molecule has 2 aliphatic heterocycles. The van der Waals surface area contributed by atoms with Gasteiger partial charge < -0.3 is 9.64 Å². The summed E-state index contributed by atoms with van der Waals surface area (Å²) in [7, 11) is 0. The van der Waals surface area contributed by atoms with Gasteiger partial charge in [0.05, 0.1) is 24.2 Å². The molecule has 0 N–H and O–H groups in total. The third-order valence-corrected chi connectivity index (χ3v) is 6.35. The minimum Gasteiger partial charge on any atom is -0.378 e. The Kier molecular flexibility index (Phi) is 6.79. The molecule has 2 aliphatic rings. The molecule has 31 heavy (non-hydrogen) atoms. The Morgan fingerprint density at radius 1 is 1.19 bits per heavy atom. The number of morpholine rings is 1. The molecule has 1 fully saturated rings. The van der Waals surface area contributed by atoms with Crippen LogP contribution in [0.1, 0.15) is 18.9 Å². The van der Waals surface area contributed by atoms with Crippen LogP contribution in [0.2, 0.25) is 0 Å². The van der Waals surface area contributed by atoms with Gasteiger partial charge in [-0.1, -0.05) is 43.0 Å². The topological polar surface area (TPSA) is 75.1 Å². The maximum atomic E-state index is 13.3. The van der Waals surface area contributed by atoms with E-state index in [0.717, 1.165) is 11.3 Å². The normalized spacial score (nSPS) is 18.9. The predicted octanol–water partition coefficient (Wildman–Crippen LogP) is 3.20. The second-order valence-electron chi connectivity index (χ2n) is 7.14. The molecule has 0 saturated carbocycles. The third-order valence-electron chi connectivity index (χ3n) is 5.05. The zero-order valence-corrected chi connectivity index (χ0v) is 18.1. The number of thioether (sulfide) groups is 1. The lowest BCUT2D eigenvalue weighted by molar-refractivity contribution is -0.134. The van der Waals surface area contributed by atoms with Crippen molar-refractivity contribution in [3.05, 3.63) is 66.1 Å². The van der Waals surface area contributed by atoms with Gasteiger partial charge in [0.2, 0.25) is 5.91 Å². The molecule has 4 rings (SSSR count). The van der Waals surface area contributed by atoms with Crippen LogP contribution in [0, 0.1) is 0 Å². The molecule has 7 nitrogen and oxygen atoms in total. The molecule has 0 spiro atoms. The minimum atomic E-state index is -0.325. The number of rotatable bonds is 5. The summed E-state index contributed by atoms with van der Waals surface area (Å²) in [4.78, 5) is 38.5. The first-order chi connectivity index (χ1) is 15.2. The quantitative estimate of drug-likeness (QED) is 0.673. The molecule has 3 heterocycles. The van der Waals surface area contributed by atoms with E-state index in [-0.39, 0.29) is 17.1 Å². The second-order valence-corrected chi connectivity index (χ2v) is 8.31. The number of amidine groups is 1. The number of benzene rings is 1. The van der Waals surface area contributed by atoms with Gasteiger partial charge in [-0.05, 0) is 36.3 Å². The van der Waals surface area contributed by atoms with E-state index in [1.165, 1.54) is 11.8 Å². The molecular formula is C23H24N4O3S. The van der Waals surface area contributed by atoms with Gasteiger partial charge in [-0.2, -0.15) is 0 Å². The number of anilines is 1. The molecule has 0 radical (unpaired) electrons. The number of amides is 2. The van der Waals surface area contributed by atoms with Crippen molar-refractivity contribution >= 4 is 40.5 Å². The van der Waals surface area contributed by atoms with E-state index in [0.29, 0.717) is 43.6 Å². The summed E-state index contributed by atoms with van der Waals surface area (Å²) in [6, 6.07) is 13.1. The van der Waals surface area contributed by atoms with Crippen LogP contribution in [0.25, 0.3) is 6.08 Å². The Morgan fingerprint density at radius 3 is 2.65 bits per heavy atom. The number of hydrogen-bond acceptors (Lipinski definition) is 6. The summed E-state index contributed by atoms with van der Waals surface area (Å²) >= 11 is 1.34. The zero-order chi connectivity index (χ0) is 21.6. The van der Waals surface area contributed by atoms with Crippen molar-refractivity contribution in [1.29, 1.82) is 0 Å². The first-order valence-corrected chi connectivity index (χ1v) is 11.2. The Hall–Kier alpha value is -2.97. The van der Waals surface area contributed by atoms with E-state index in [9.17, 15) is 9.59 Å². The number of ether oxygens (including phenoxy) is 1. The zero-order valence-electron chi connectivity index (χ0n) is 17.3. The van der Waals surface area contributed by atoms with Crippen LogP contribution >= 0.6 is 11.8 Å². The highest BCUT2D eigenvalue weighted by Gasteiger charge is 2.36. The van der Waals surface area contributed by atoms with Crippen LogP contribution in [-0.2, 0) is 14.3 Å². The number of aliphatic imine (C=N–C) groups is 1. The van der Waals surface area contributed by atoms with Crippen molar-refractivity contribution in [1.82, 2.24) is 9.88 Å². The third kappa shape index (κ3) is 4.86. The molecule has 160 valence electrons. The number of carbonyl (C=O) groups is 2. The highest BCUT2D eigenvalue weighted by atomic mass is 32.2. The van der Waals surface area contributed by atoms with Crippen molar-refractivity contribution in [3.63, 3.8) is 0 Å². The fourth-order valence-electron chi connectivity index (χ4n) is 3.42. The van der Waals surface area contributed by atoms with Gasteiger partial charge in [-0.3, -0.25) is 19.5 Å². The van der Waals surface area contributed by atoms with Crippen LogP contribution in [0.5, 0.6) is 0 Å². The van der Waals surface area contributed by atoms with E-state index in [4.69, 9.17) is 4.74 Å². The van der Waals surface area contributed by atoms with Gasteiger partial charge in [-0.15, -0.1) is 0 Å². The molecule has 2 amide bonds. The maximum Gasteiger partial charge on any atom is 0.283 e. The lowest BCUT2D eigenvalue weighted by Crippen LogP contribution is -2.45. The van der Waals surface area contributed by atoms with Crippen LogP contribution in [-0.4, -0.2) is 58.4 Å². The van der Waals surface area contributed by atoms with Crippen molar-refractivity contribution in [2.24, 2.45) is 4.99 Å². The number of carbonyl (C=O) groups excluding carboxylic acids is 2. The summed E-state index contributed by atoms with van der Waals surface area (Å²) in [5.41, 5.74) is 1.85. The Bertz CT molecular complexity index is 988. The van der Waals surface area contributed by atoms with E-state index >= 15 is 0 Å². The van der Waals surface area contributed by atoms with E-state index < -0.39 is 0 Å². The number of aromatic nitrogens is 1. The Labute approximate surface area is 185 Å². The van der Waals surface area contributed by atoms with E-state index in [1.54, 1.807) is 23.4 Å². The van der Waals surface area contributed by atoms with Gasteiger partial charge in [0.25, 0.3) is 5.91 Å². The summed E-state index contributed by atoms with van der Waals surface area (Å²) in [6.45, 7) is 4.28. The van der Waals surface area contributed by atoms with Crippen LogP contribution < -0.4 is 4.90 Å². The number of pyridine rings is 1. The van der Waals surface area contributed by atoms with Gasteiger partial charge >= 0.3 is 0 Å². The van der Waals surface area contributed by atoms with Crippen LogP contribution in [0.15, 0.2) is 65.5 Å². The SMILES string of the molecule is CC[C@H](SC1=N/C(=C\c2cccnc2)C(=O)N1c1ccccc1)C(=O)N1CCOCC1. The summed E-state index contributed by atoms with van der Waals surface area (Å²) in [6.07, 6.45) is 5.73. The molecule has 1 atom stereocenters.